The second kappa shape index (κ2) is 8.77. The van der Waals surface area contributed by atoms with Crippen LogP contribution in [0.5, 0.6) is 5.75 Å². The number of pyridine rings is 2. The lowest BCUT2D eigenvalue weighted by atomic mass is 10.1. The van der Waals surface area contributed by atoms with Crippen LogP contribution >= 0.6 is 11.6 Å². The second-order valence-corrected chi connectivity index (χ2v) is 8.05. The van der Waals surface area contributed by atoms with Crippen molar-refractivity contribution in [1.29, 1.82) is 0 Å². The molecule has 5 heteroatoms. The van der Waals surface area contributed by atoms with Gasteiger partial charge in [0, 0.05) is 41.2 Å². The number of ether oxygens (including phenoxy) is 1. The van der Waals surface area contributed by atoms with Gasteiger partial charge in [0.25, 0.3) is 5.56 Å². The number of halogens is 1. The third-order valence-electron chi connectivity index (χ3n) is 5.25. The van der Waals surface area contributed by atoms with Gasteiger partial charge in [0.1, 0.15) is 12.4 Å². The van der Waals surface area contributed by atoms with Gasteiger partial charge in [-0.15, -0.1) is 0 Å². The van der Waals surface area contributed by atoms with E-state index < -0.39 is 0 Å². The zero-order valence-electron chi connectivity index (χ0n) is 17.1. The van der Waals surface area contributed by atoms with Gasteiger partial charge in [-0.2, -0.15) is 0 Å². The first-order chi connectivity index (χ1) is 14.5. The van der Waals surface area contributed by atoms with E-state index in [1.807, 2.05) is 44.2 Å². The van der Waals surface area contributed by atoms with Crippen LogP contribution in [-0.4, -0.2) is 9.55 Å². The predicted octanol–water partition coefficient (Wildman–Crippen LogP) is 5.15. The maximum Gasteiger partial charge on any atom is 0.254 e. The summed E-state index contributed by atoms with van der Waals surface area (Å²) in [6, 6.07) is 13.2. The Morgan fingerprint density at radius 1 is 1.23 bits per heavy atom. The van der Waals surface area contributed by atoms with E-state index in [0.29, 0.717) is 16.7 Å². The summed E-state index contributed by atoms with van der Waals surface area (Å²) < 4.78 is 7.56. The first kappa shape index (κ1) is 20.3. The topological polar surface area (TPSA) is 44.1 Å². The quantitative estimate of drug-likeness (QED) is 0.538. The summed E-state index contributed by atoms with van der Waals surface area (Å²) in [5.74, 6) is 7.60. The fourth-order valence-corrected chi connectivity index (χ4v) is 3.51. The molecule has 3 aromatic rings. The summed E-state index contributed by atoms with van der Waals surface area (Å²) in [6.07, 6.45) is 5.74. The Hall–Kier alpha value is -3.03. The van der Waals surface area contributed by atoms with Crippen LogP contribution in [-0.2, 0) is 6.61 Å². The molecule has 0 aliphatic heterocycles. The first-order valence-electron chi connectivity index (χ1n) is 10.1. The Morgan fingerprint density at radius 3 is 2.67 bits per heavy atom. The maximum absolute atomic E-state index is 12.8. The molecular formula is C25H23ClN2O2. The van der Waals surface area contributed by atoms with E-state index in [9.17, 15) is 4.79 Å². The third kappa shape index (κ3) is 4.75. The minimum Gasteiger partial charge on any atom is -0.489 e. The molecule has 2 heterocycles. The Kier molecular flexibility index (Phi) is 5.92. The molecule has 0 saturated heterocycles. The summed E-state index contributed by atoms with van der Waals surface area (Å²) in [5, 5.41) is 0.592. The highest BCUT2D eigenvalue weighted by molar-refractivity contribution is 6.31. The molecule has 1 fully saturated rings. The van der Waals surface area contributed by atoms with Gasteiger partial charge in [-0.05, 0) is 56.5 Å². The van der Waals surface area contributed by atoms with Crippen LogP contribution in [0, 0.1) is 24.7 Å². The van der Waals surface area contributed by atoms with Crippen molar-refractivity contribution < 1.29 is 4.74 Å². The van der Waals surface area contributed by atoms with Crippen molar-refractivity contribution in [3.63, 3.8) is 0 Å². The highest BCUT2D eigenvalue weighted by atomic mass is 35.5. The van der Waals surface area contributed by atoms with Crippen LogP contribution in [0.4, 0.5) is 0 Å². The Balaban J connectivity index is 1.50. The standard InChI is InChI=1S/C25H23ClN2O2/c1-17-13-23(30-16-22-15-27-12-11-24(22)26)14-25(29)28(17)18(2)21-9-7-20(8-10-21)6-5-19-3-4-19/h7-15,18-19H,3-4,16H2,1-2H3/t18-/m1/s1. The molecule has 0 amide bonds. The molecule has 152 valence electrons. The smallest absolute Gasteiger partial charge is 0.254 e. The summed E-state index contributed by atoms with van der Waals surface area (Å²) >= 11 is 6.14. The predicted molar refractivity (Wildman–Crippen MR) is 119 cm³/mol. The van der Waals surface area contributed by atoms with Crippen LogP contribution < -0.4 is 10.3 Å². The van der Waals surface area contributed by atoms with E-state index in [1.165, 1.54) is 18.9 Å². The van der Waals surface area contributed by atoms with Crippen LogP contribution in [0.2, 0.25) is 5.02 Å². The van der Waals surface area contributed by atoms with Gasteiger partial charge in [0.05, 0.1) is 11.1 Å². The number of hydrogen-bond acceptors (Lipinski definition) is 3. The molecule has 30 heavy (non-hydrogen) atoms. The zero-order chi connectivity index (χ0) is 21.1. The van der Waals surface area contributed by atoms with Crippen molar-refractivity contribution in [2.45, 2.75) is 39.3 Å². The Morgan fingerprint density at radius 2 is 2.00 bits per heavy atom. The minimum absolute atomic E-state index is 0.0928. The molecule has 1 aliphatic rings. The third-order valence-corrected chi connectivity index (χ3v) is 5.62. The van der Waals surface area contributed by atoms with Crippen LogP contribution in [0.15, 0.2) is 59.7 Å². The van der Waals surface area contributed by atoms with Crippen molar-refractivity contribution in [1.82, 2.24) is 9.55 Å². The molecule has 1 saturated carbocycles. The zero-order valence-corrected chi connectivity index (χ0v) is 17.8. The van der Waals surface area contributed by atoms with Gasteiger partial charge in [-0.3, -0.25) is 9.78 Å². The summed E-state index contributed by atoms with van der Waals surface area (Å²) in [7, 11) is 0. The lowest BCUT2D eigenvalue weighted by Gasteiger charge is -2.19. The monoisotopic (exact) mass is 418 g/mol. The Bertz CT molecular complexity index is 1170. The number of nitrogens with zero attached hydrogens (tertiary/aromatic N) is 2. The molecular weight excluding hydrogens is 396 g/mol. The van der Waals surface area contributed by atoms with E-state index in [2.05, 4.69) is 16.8 Å². The largest absolute Gasteiger partial charge is 0.489 e. The lowest BCUT2D eigenvalue weighted by molar-refractivity contribution is 0.304. The lowest BCUT2D eigenvalue weighted by Crippen LogP contribution is -2.25. The molecule has 4 rings (SSSR count). The SMILES string of the molecule is Cc1cc(OCc2cnccc2Cl)cc(=O)n1[C@H](C)c1ccc(C#CC2CC2)cc1. The molecule has 0 bridgehead atoms. The number of hydrogen-bond donors (Lipinski definition) is 0. The molecule has 0 spiro atoms. The van der Waals surface area contributed by atoms with Crippen LogP contribution in [0.3, 0.4) is 0 Å². The molecule has 4 nitrogen and oxygen atoms in total. The summed E-state index contributed by atoms with van der Waals surface area (Å²) in [4.78, 5) is 16.9. The minimum atomic E-state index is -0.104. The van der Waals surface area contributed by atoms with Crippen LogP contribution in [0.25, 0.3) is 0 Å². The maximum atomic E-state index is 12.8. The highest BCUT2D eigenvalue weighted by Crippen LogP contribution is 2.27. The number of aromatic nitrogens is 2. The molecule has 1 aliphatic carbocycles. The number of aryl methyl sites for hydroxylation is 1. The van der Waals surface area contributed by atoms with Gasteiger partial charge in [0.2, 0.25) is 0 Å². The van der Waals surface area contributed by atoms with Gasteiger partial charge < -0.3 is 9.30 Å². The number of benzene rings is 1. The van der Waals surface area contributed by atoms with Gasteiger partial charge in [-0.1, -0.05) is 35.6 Å². The Labute approximate surface area is 181 Å². The average molecular weight is 419 g/mol. The molecule has 0 unspecified atom stereocenters. The average Bonchev–Trinajstić information content (AvgIpc) is 3.56. The molecule has 0 N–H and O–H groups in total. The van der Waals surface area contributed by atoms with Crippen molar-refractivity contribution in [3.05, 3.63) is 92.6 Å². The van der Waals surface area contributed by atoms with Gasteiger partial charge >= 0.3 is 0 Å². The molecule has 1 atom stereocenters. The second-order valence-electron chi connectivity index (χ2n) is 7.64. The summed E-state index contributed by atoms with van der Waals surface area (Å²) in [6.45, 7) is 4.20. The normalized spacial score (nSPS) is 14.0. The summed E-state index contributed by atoms with van der Waals surface area (Å²) in [5.41, 5.74) is 3.58. The van der Waals surface area contributed by atoms with E-state index in [0.717, 1.165) is 22.4 Å². The highest BCUT2D eigenvalue weighted by Gasteiger charge is 2.18. The van der Waals surface area contributed by atoms with E-state index in [4.69, 9.17) is 16.3 Å². The van der Waals surface area contributed by atoms with E-state index in [1.54, 1.807) is 23.0 Å². The van der Waals surface area contributed by atoms with Gasteiger partial charge in [-0.25, -0.2) is 0 Å². The van der Waals surface area contributed by atoms with Gasteiger partial charge in [0.15, 0.2) is 0 Å². The van der Waals surface area contributed by atoms with Crippen molar-refractivity contribution in [3.8, 4) is 17.6 Å². The van der Waals surface area contributed by atoms with Crippen LogP contribution in [0.1, 0.15) is 48.2 Å². The number of rotatable bonds is 5. The fourth-order valence-electron chi connectivity index (χ4n) is 3.35. The molecule has 0 radical (unpaired) electrons. The van der Waals surface area contributed by atoms with E-state index in [-0.39, 0.29) is 18.2 Å². The first-order valence-corrected chi connectivity index (χ1v) is 10.4. The van der Waals surface area contributed by atoms with E-state index >= 15 is 0 Å². The van der Waals surface area contributed by atoms with Crippen molar-refractivity contribution in [2.24, 2.45) is 5.92 Å². The fraction of sp³-hybridized carbons (Fsp3) is 0.280. The molecule has 2 aromatic heterocycles. The molecule has 1 aromatic carbocycles. The van der Waals surface area contributed by atoms with Crippen molar-refractivity contribution in [2.75, 3.05) is 0 Å². The van der Waals surface area contributed by atoms with Crippen molar-refractivity contribution >= 4 is 11.6 Å².